The van der Waals surface area contributed by atoms with Crippen LogP contribution in [0.25, 0.3) is 0 Å². The summed E-state index contributed by atoms with van der Waals surface area (Å²) in [5.41, 5.74) is 1.12. The minimum atomic E-state index is -0.374. The van der Waals surface area contributed by atoms with E-state index in [4.69, 9.17) is 0 Å². The fraction of sp³-hybridized carbons (Fsp3) is 0.500. The quantitative estimate of drug-likeness (QED) is 0.550. The van der Waals surface area contributed by atoms with Crippen LogP contribution in [0, 0.1) is 10.1 Å². The van der Waals surface area contributed by atoms with Crippen molar-refractivity contribution in [1.29, 1.82) is 0 Å². The Bertz CT molecular complexity index is 337. The van der Waals surface area contributed by atoms with Gasteiger partial charge in [-0.05, 0) is 18.4 Å². The van der Waals surface area contributed by atoms with Gasteiger partial charge in [-0.1, -0.05) is 36.8 Å². The fourth-order valence-electron chi connectivity index (χ4n) is 2.45. The van der Waals surface area contributed by atoms with E-state index in [1.165, 1.54) is 0 Å². The summed E-state index contributed by atoms with van der Waals surface area (Å²) >= 11 is 0. The van der Waals surface area contributed by atoms with Gasteiger partial charge >= 0.3 is 0 Å². The van der Waals surface area contributed by atoms with Crippen molar-refractivity contribution < 1.29 is 4.92 Å². The van der Waals surface area contributed by atoms with E-state index >= 15 is 0 Å². The van der Waals surface area contributed by atoms with Crippen molar-refractivity contribution >= 4 is 0 Å². The molecule has 0 bridgehead atoms. The second-order valence-electron chi connectivity index (χ2n) is 4.15. The molecule has 0 unspecified atom stereocenters. The van der Waals surface area contributed by atoms with Crippen LogP contribution < -0.4 is 0 Å². The van der Waals surface area contributed by atoms with Crippen LogP contribution in [-0.4, -0.2) is 11.0 Å². The van der Waals surface area contributed by atoms with Crippen LogP contribution in [-0.2, 0) is 0 Å². The Labute approximate surface area is 89.3 Å². The SMILES string of the molecule is O=[N+]([O-])[C@H]1CCCC[C@@H]1c1ccccc1. The molecule has 0 spiro atoms. The Morgan fingerprint density at radius 2 is 1.80 bits per heavy atom. The van der Waals surface area contributed by atoms with Crippen molar-refractivity contribution in [2.24, 2.45) is 0 Å². The van der Waals surface area contributed by atoms with E-state index < -0.39 is 0 Å². The van der Waals surface area contributed by atoms with Gasteiger partial charge < -0.3 is 0 Å². The number of hydrogen-bond donors (Lipinski definition) is 0. The molecular formula is C12H15NO2. The highest BCUT2D eigenvalue weighted by Gasteiger charge is 2.34. The molecule has 1 aromatic carbocycles. The highest BCUT2D eigenvalue weighted by atomic mass is 16.6. The zero-order chi connectivity index (χ0) is 10.7. The van der Waals surface area contributed by atoms with Crippen LogP contribution in [0.4, 0.5) is 0 Å². The van der Waals surface area contributed by atoms with Crippen molar-refractivity contribution in [3.05, 3.63) is 46.0 Å². The maximum absolute atomic E-state index is 10.9. The molecule has 1 saturated carbocycles. The van der Waals surface area contributed by atoms with E-state index in [-0.39, 0.29) is 16.9 Å². The lowest BCUT2D eigenvalue weighted by Gasteiger charge is -2.25. The molecule has 1 fully saturated rings. The molecule has 0 radical (unpaired) electrons. The molecule has 2 atom stereocenters. The van der Waals surface area contributed by atoms with Crippen LogP contribution in [0.1, 0.15) is 37.2 Å². The Hall–Kier alpha value is -1.38. The molecule has 1 aromatic rings. The zero-order valence-electron chi connectivity index (χ0n) is 8.63. The molecule has 1 aliphatic rings. The first-order valence-electron chi connectivity index (χ1n) is 5.47. The lowest BCUT2D eigenvalue weighted by atomic mass is 9.80. The average Bonchev–Trinajstić information content (AvgIpc) is 2.30. The molecule has 0 amide bonds. The van der Waals surface area contributed by atoms with Crippen molar-refractivity contribution in [2.45, 2.75) is 37.6 Å². The summed E-state index contributed by atoms with van der Waals surface area (Å²) in [6, 6.07) is 9.51. The van der Waals surface area contributed by atoms with Gasteiger partial charge in [0.1, 0.15) is 0 Å². The van der Waals surface area contributed by atoms with Crippen molar-refractivity contribution in [3.8, 4) is 0 Å². The third kappa shape index (κ3) is 2.17. The second-order valence-corrected chi connectivity index (χ2v) is 4.15. The Morgan fingerprint density at radius 1 is 1.13 bits per heavy atom. The Morgan fingerprint density at radius 3 is 2.47 bits per heavy atom. The summed E-state index contributed by atoms with van der Waals surface area (Å²) < 4.78 is 0. The molecule has 1 aliphatic carbocycles. The predicted molar refractivity (Wildman–Crippen MR) is 58.4 cm³/mol. The van der Waals surface area contributed by atoms with Crippen LogP contribution in [0.5, 0.6) is 0 Å². The normalized spacial score (nSPS) is 26.1. The Kier molecular flexibility index (Phi) is 2.99. The molecule has 0 aliphatic heterocycles. The summed E-state index contributed by atoms with van der Waals surface area (Å²) in [7, 11) is 0. The molecule has 0 aromatic heterocycles. The summed E-state index contributed by atoms with van der Waals surface area (Å²) in [4.78, 5) is 10.8. The maximum atomic E-state index is 10.9. The molecule has 80 valence electrons. The standard InChI is InChI=1S/C12H15NO2/c14-13(15)12-9-5-4-8-11(12)10-6-2-1-3-7-10/h1-3,6-7,11-12H,4-5,8-9H2/t11-,12+/m1/s1. The number of rotatable bonds is 2. The molecule has 0 saturated heterocycles. The van der Waals surface area contributed by atoms with E-state index in [1.807, 2.05) is 30.3 Å². The van der Waals surface area contributed by atoms with Gasteiger partial charge in [0.05, 0.1) is 5.92 Å². The van der Waals surface area contributed by atoms with Gasteiger partial charge in [0.25, 0.3) is 0 Å². The summed E-state index contributed by atoms with van der Waals surface area (Å²) in [5.74, 6) is 0.120. The topological polar surface area (TPSA) is 43.1 Å². The lowest BCUT2D eigenvalue weighted by molar-refractivity contribution is -0.530. The minimum Gasteiger partial charge on any atom is -0.264 e. The third-order valence-corrected chi connectivity index (χ3v) is 3.23. The van der Waals surface area contributed by atoms with Gasteiger partial charge in [0, 0.05) is 11.3 Å². The highest BCUT2D eigenvalue weighted by Crippen LogP contribution is 2.34. The Balaban J connectivity index is 2.22. The molecular weight excluding hydrogens is 190 g/mol. The zero-order valence-corrected chi connectivity index (χ0v) is 8.63. The summed E-state index contributed by atoms with van der Waals surface area (Å²) in [5, 5.41) is 10.9. The molecule has 0 N–H and O–H groups in total. The first kappa shape index (κ1) is 10.1. The molecule has 3 heteroatoms. The fourth-order valence-corrected chi connectivity index (χ4v) is 2.45. The van der Waals surface area contributed by atoms with Crippen LogP contribution in [0.15, 0.2) is 30.3 Å². The number of nitrogens with zero attached hydrogens (tertiary/aromatic N) is 1. The largest absolute Gasteiger partial charge is 0.264 e. The van der Waals surface area contributed by atoms with Crippen molar-refractivity contribution in [1.82, 2.24) is 0 Å². The lowest BCUT2D eigenvalue weighted by Crippen LogP contribution is -2.30. The molecule has 2 rings (SSSR count). The number of benzene rings is 1. The van der Waals surface area contributed by atoms with Gasteiger partial charge in [-0.2, -0.15) is 0 Å². The predicted octanol–water partition coefficient (Wildman–Crippen LogP) is 2.99. The summed E-state index contributed by atoms with van der Waals surface area (Å²) in [6.45, 7) is 0. The van der Waals surface area contributed by atoms with E-state index in [0.29, 0.717) is 0 Å². The summed E-state index contributed by atoms with van der Waals surface area (Å²) in [6.07, 6.45) is 3.79. The van der Waals surface area contributed by atoms with Gasteiger partial charge in [0.15, 0.2) is 0 Å². The van der Waals surface area contributed by atoms with Gasteiger partial charge in [-0.15, -0.1) is 0 Å². The first-order valence-corrected chi connectivity index (χ1v) is 5.47. The van der Waals surface area contributed by atoms with Crippen molar-refractivity contribution in [3.63, 3.8) is 0 Å². The van der Waals surface area contributed by atoms with E-state index in [2.05, 4.69) is 0 Å². The number of nitro groups is 1. The smallest absolute Gasteiger partial charge is 0.219 e. The van der Waals surface area contributed by atoms with Gasteiger partial charge in [-0.3, -0.25) is 10.1 Å². The number of hydrogen-bond acceptors (Lipinski definition) is 2. The minimum absolute atomic E-state index is 0.100. The van der Waals surface area contributed by atoms with Gasteiger partial charge in [0.2, 0.25) is 6.04 Å². The van der Waals surface area contributed by atoms with Crippen molar-refractivity contribution in [2.75, 3.05) is 0 Å². The monoisotopic (exact) mass is 205 g/mol. The highest BCUT2D eigenvalue weighted by molar-refractivity contribution is 5.21. The molecule has 0 heterocycles. The second kappa shape index (κ2) is 4.43. The first-order chi connectivity index (χ1) is 7.29. The van der Waals surface area contributed by atoms with Gasteiger partial charge in [-0.25, -0.2) is 0 Å². The van der Waals surface area contributed by atoms with Crippen LogP contribution >= 0.6 is 0 Å². The van der Waals surface area contributed by atoms with E-state index in [1.54, 1.807) is 0 Å². The molecule has 15 heavy (non-hydrogen) atoms. The van der Waals surface area contributed by atoms with Crippen LogP contribution in [0.2, 0.25) is 0 Å². The van der Waals surface area contributed by atoms with Crippen LogP contribution in [0.3, 0.4) is 0 Å². The third-order valence-electron chi connectivity index (χ3n) is 3.23. The molecule has 3 nitrogen and oxygen atoms in total. The van der Waals surface area contributed by atoms with E-state index in [0.717, 1.165) is 31.2 Å². The maximum Gasteiger partial charge on any atom is 0.219 e. The average molecular weight is 205 g/mol. The van der Waals surface area contributed by atoms with E-state index in [9.17, 15) is 10.1 Å².